The van der Waals surface area contributed by atoms with Gasteiger partial charge in [-0.15, -0.1) is 4.83 Å². The number of hydrazine groups is 1. The molecule has 1 fully saturated rings. The van der Waals surface area contributed by atoms with Crippen LogP contribution >= 0.6 is 24.0 Å². The lowest BCUT2D eigenvalue weighted by Crippen LogP contribution is -2.41. The van der Waals surface area contributed by atoms with Crippen LogP contribution in [0, 0.1) is 0 Å². The van der Waals surface area contributed by atoms with E-state index in [1.807, 2.05) is 4.83 Å². The maximum atomic E-state index is 12.4. The molecule has 2 N–H and O–H groups in total. The average molecular weight is 452 g/mol. The maximum Gasteiger partial charge on any atom is 0.266 e. The van der Waals surface area contributed by atoms with Crippen molar-refractivity contribution in [2.75, 3.05) is 6.54 Å². The lowest BCUT2D eigenvalue weighted by Gasteiger charge is -2.14. The molecule has 1 aromatic carbocycles. The minimum absolute atomic E-state index is 0.0194. The highest BCUT2D eigenvalue weighted by Crippen LogP contribution is 2.32. The Balaban J connectivity index is 1.46. The summed E-state index contributed by atoms with van der Waals surface area (Å²) in [5.41, 5.74) is 2.17. The first-order valence-electron chi connectivity index (χ1n) is 8.51. The predicted octanol–water partition coefficient (Wildman–Crippen LogP) is 2.27. The molecule has 0 atom stereocenters. The second kappa shape index (κ2) is 9.35. The van der Waals surface area contributed by atoms with Crippen LogP contribution in [-0.2, 0) is 19.6 Å². The lowest BCUT2D eigenvalue weighted by atomic mass is 10.3. The van der Waals surface area contributed by atoms with E-state index in [1.54, 1.807) is 36.4 Å². The predicted molar refractivity (Wildman–Crippen MR) is 113 cm³/mol. The van der Waals surface area contributed by atoms with Gasteiger partial charge in [0.05, 0.1) is 16.1 Å². The third-order valence-electron chi connectivity index (χ3n) is 3.85. The van der Waals surface area contributed by atoms with E-state index in [0.717, 1.165) is 0 Å². The molecular formula is C18H17N3O5S3. The van der Waals surface area contributed by atoms with Crippen molar-refractivity contribution in [3.63, 3.8) is 0 Å². The monoisotopic (exact) mass is 451 g/mol. The van der Waals surface area contributed by atoms with Crippen LogP contribution in [0.2, 0.25) is 0 Å². The summed E-state index contributed by atoms with van der Waals surface area (Å²) in [6, 6.07) is 11.1. The number of nitrogens with zero attached hydrogens (tertiary/aromatic N) is 1. The minimum Gasteiger partial charge on any atom is -0.465 e. The molecule has 1 aliphatic rings. The molecule has 11 heteroatoms. The molecule has 2 amide bonds. The van der Waals surface area contributed by atoms with E-state index in [1.165, 1.54) is 35.1 Å². The number of rotatable bonds is 8. The topological polar surface area (TPSA) is 109 Å². The zero-order valence-electron chi connectivity index (χ0n) is 15.0. The van der Waals surface area contributed by atoms with Crippen LogP contribution in [0.1, 0.15) is 18.6 Å². The Bertz CT molecular complexity index is 1030. The van der Waals surface area contributed by atoms with E-state index in [4.69, 9.17) is 16.6 Å². The number of amides is 2. The number of thiocarbonyl (C=S) groups is 1. The Kier molecular flexibility index (Phi) is 6.85. The van der Waals surface area contributed by atoms with Gasteiger partial charge in [0.25, 0.3) is 15.9 Å². The van der Waals surface area contributed by atoms with E-state index in [9.17, 15) is 18.0 Å². The Morgan fingerprint density at radius 2 is 1.97 bits per heavy atom. The summed E-state index contributed by atoms with van der Waals surface area (Å²) in [5, 5.41) is 0. The van der Waals surface area contributed by atoms with E-state index in [-0.39, 0.29) is 23.8 Å². The van der Waals surface area contributed by atoms with Gasteiger partial charge >= 0.3 is 0 Å². The summed E-state index contributed by atoms with van der Waals surface area (Å²) < 4.78 is 29.7. The number of hydrogen-bond acceptors (Lipinski definition) is 7. The Hall–Kier alpha value is -2.47. The standard InChI is InChI=1S/C18H17N3O5S3/c22-16(19-20-29(24,25)14-7-2-1-3-8-14)9-4-10-21-17(23)15(28-18(21)27)12-13-6-5-11-26-13/h1-3,5-8,11-12,20H,4,9-10H2,(H,19,22). The third-order valence-corrected chi connectivity index (χ3v) is 6.50. The molecule has 2 aromatic rings. The molecule has 0 saturated carbocycles. The van der Waals surface area contributed by atoms with Crippen molar-refractivity contribution in [3.05, 3.63) is 59.4 Å². The third kappa shape index (κ3) is 5.54. The highest BCUT2D eigenvalue weighted by atomic mass is 32.2. The molecular weight excluding hydrogens is 434 g/mol. The van der Waals surface area contributed by atoms with E-state index >= 15 is 0 Å². The molecule has 0 aliphatic carbocycles. The van der Waals surface area contributed by atoms with Gasteiger partial charge in [-0.3, -0.25) is 19.9 Å². The van der Waals surface area contributed by atoms with Gasteiger partial charge in [0, 0.05) is 19.0 Å². The zero-order valence-corrected chi connectivity index (χ0v) is 17.5. The molecule has 1 aromatic heterocycles. The number of sulfonamides is 1. The second-order valence-corrected chi connectivity index (χ2v) is 9.28. The smallest absolute Gasteiger partial charge is 0.266 e. The molecule has 0 unspecified atom stereocenters. The first-order chi connectivity index (χ1) is 13.9. The summed E-state index contributed by atoms with van der Waals surface area (Å²) in [4.78, 5) is 28.3. The molecule has 29 heavy (non-hydrogen) atoms. The molecule has 8 nitrogen and oxygen atoms in total. The van der Waals surface area contributed by atoms with Crippen LogP contribution in [0.4, 0.5) is 0 Å². The van der Waals surface area contributed by atoms with E-state index in [2.05, 4.69) is 5.43 Å². The Morgan fingerprint density at radius 1 is 1.21 bits per heavy atom. The summed E-state index contributed by atoms with van der Waals surface area (Å²) in [6.45, 7) is 0.249. The highest BCUT2D eigenvalue weighted by molar-refractivity contribution is 8.26. The number of benzene rings is 1. The second-order valence-electron chi connectivity index (χ2n) is 5.92. The van der Waals surface area contributed by atoms with Gasteiger partial charge in [0.2, 0.25) is 5.91 Å². The van der Waals surface area contributed by atoms with Gasteiger partial charge in [-0.1, -0.05) is 42.2 Å². The first-order valence-corrected chi connectivity index (χ1v) is 11.2. The summed E-state index contributed by atoms with van der Waals surface area (Å²) in [5.74, 6) is -0.210. The van der Waals surface area contributed by atoms with Gasteiger partial charge in [-0.2, -0.15) is 0 Å². The molecule has 152 valence electrons. The SMILES string of the molecule is O=C(CCCN1C(=O)C(=Cc2ccco2)SC1=S)NNS(=O)(=O)c1ccccc1. The van der Waals surface area contributed by atoms with Crippen molar-refractivity contribution in [3.8, 4) is 0 Å². The normalized spacial score (nSPS) is 15.9. The number of nitrogens with one attached hydrogen (secondary N) is 2. The quantitative estimate of drug-likeness (QED) is 0.360. The molecule has 1 aliphatic heterocycles. The number of hydrogen-bond donors (Lipinski definition) is 2. The number of carbonyl (C=O) groups excluding carboxylic acids is 2. The fourth-order valence-corrected chi connectivity index (χ4v) is 4.61. The van der Waals surface area contributed by atoms with Crippen molar-refractivity contribution < 1.29 is 22.4 Å². The molecule has 0 spiro atoms. The maximum absolute atomic E-state index is 12.4. The van der Waals surface area contributed by atoms with Crippen LogP contribution in [0.5, 0.6) is 0 Å². The largest absolute Gasteiger partial charge is 0.465 e. The molecule has 0 radical (unpaired) electrons. The van der Waals surface area contributed by atoms with Crippen molar-refractivity contribution in [2.45, 2.75) is 17.7 Å². The van der Waals surface area contributed by atoms with E-state index in [0.29, 0.717) is 21.4 Å². The molecule has 3 rings (SSSR count). The summed E-state index contributed by atoms with van der Waals surface area (Å²) in [6.07, 6.45) is 3.46. The fourth-order valence-electron chi connectivity index (χ4n) is 2.44. The Morgan fingerprint density at radius 3 is 2.66 bits per heavy atom. The van der Waals surface area contributed by atoms with Crippen LogP contribution in [-0.4, -0.2) is 36.0 Å². The van der Waals surface area contributed by atoms with Crippen molar-refractivity contribution in [1.29, 1.82) is 0 Å². The number of thioether (sulfide) groups is 1. The lowest BCUT2D eigenvalue weighted by molar-refractivity contribution is -0.124. The van der Waals surface area contributed by atoms with Crippen molar-refractivity contribution in [1.82, 2.24) is 15.2 Å². The van der Waals surface area contributed by atoms with Crippen molar-refractivity contribution >= 4 is 56.2 Å². The minimum atomic E-state index is -3.83. The molecule has 2 heterocycles. The van der Waals surface area contributed by atoms with Gasteiger partial charge < -0.3 is 4.42 Å². The van der Waals surface area contributed by atoms with Crippen LogP contribution < -0.4 is 10.3 Å². The highest BCUT2D eigenvalue weighted by Gasteiger charge is 2.31. The van der Waals surface area contributed by atoms with Gasteiger partial charge in [-0.25, -0.2) is 8.42 Å². The molecule has 0 bridgehead atoms. The summed E-state index contributed by atoms with van der Waals surface area (Å²) in [7, 11) is -3.83. The Labute approximate surface area is 177 Å². The number of carbonyl (C=O) groups is 2. The average Bonchev–Trinajstić information content (AvgIpc) is 3.31. The van der Waals surface area contributed by atoms with Gasteiger partial charge in [0.1, 0.15) is 10.1 Å². The van der Waals surface area contributed by atoms with E-state index < -0.39 is 15.9 Å². The van der Waals surface area contributed by atoms with Gasteiger partial charge in [-0.05, 0) is 30.7 Å². The van der Waals surface area contributed by atoms with Crippen LogP contribution in [0.15, 0.2) is 62.9 Å². The number of furan rings is 1. The molecule has 1 saturated heterocycles. The van der Waals surface area contributed by atoms with Gasteiger partial charge in [0.15, 0.2) is 0 Å². The van der Waals surface area contributed by atoms with Crippen LogP contribution in [0.3, 0.4) is 0 Å². The summed E-state index contributed by atoms with van der Waals surface area (Å²) >= 11 is 6.39. The first kappa shape index (κ1) is 21.2. The van der Waals surface area contributed by atoms with Crippen molar-refractivity contribution in [2.24, 2.45) is 0 Å². The van der Waals surface area contributed by atoms with Crippen LogP contribution in [0.25, 0.3) is 6.08 Å². The fraction of sp³-hybridized carbons (Fsp3) is 0.167. The zero-order chi connectivity index (χ0) is 20.9.